The molecule has 5 nitrogen and oxygen atoms in total. The van der Waals surface area contributed by atoms with Crippen LogP contribution in [-0.4, -0.2) is 19.0 Å². The zero-order chi connectivity index (χ0) is 22.6. The maximum Gasteiger partial charge on any atom is 0.305 e. The molecule has 6 heteroatoms. The van der Waals surface area contributed by atoms with Crippen LogP contribution in [0.25, 0.3) is 0 Å². The maximum atomic E-state index is 13.5. The van der Waals surface area contributed by atoms with Gasteiger partial charge in [0.15, 0.2) is 0 Å². The van der Waals surface area contributed by atoms with Crippen LogP contribution in [-0.2, 0) is 26.3 Å². The van der Waals surface area contributed by atoms with Gasteiger partial charge in [-0.05, 0) is 47.4 Å². The highest BCUT2D eigenvalue weighted by molar-refractivity contribution is 5.96. The summed E-state index contributed by atoms with van der Waals surface area (Å²) in [4.78, 5) is 24.7. The van der Waals surface area contributed by atoms with Gasteiger partial charge in [0.2, 0.25) is 5.91 Å². The average Bonchev–Trinajstić information content (AvgIpc) is 2.83. The molecule has 3 aromatic rings. The molecule has 1 saturated heterocycles. The Morgan fingerprint density at radius 1 is 1.00 bits per heavy atom. The molecule has 0 bridgehead atoms. The first-order valence-electron chi connectivity index (χ1n) is 10.4. The van der Waals surface area contributed by atoms with Crippen molar-refractivity contribution in [2.45, 2.75) is 30.9 Å². The Balaban J connectivity index is 1.57. The number of halogens is 1. The molecule has 0 unspecified atom stereocenters. The normalized spacial score (nSPS) is 19.6. The summed E-state index contributed by atoms with van der Waals surface area (Å²) < 4.78 is 24.2. The molecule has 1 N–H and O–H groups in total. The Hall–Kier alpha value is -3.67. The lowest BCUT2D eigenvalue weighted by atomic mass is 9.63. The van der Waals surface area contributed by atoms with Gasteiger partial charge in [-0.2, -0.15) is 0 Å². The van der Waals surface area contributed by atoms with Gasteiger partial charge in [0.25, 0.3) is 0 Å². The van der Waals surface area contributed by atoms with E-state index in [2.05, 4.69) is 5.32 Å². The van der Waals surface area contributed by atoms with Crippen LogP contribution in [0.3, 0.4) is 0 Å². The molecule has 1 aliphatic heterocycles. The minimum Gasteiger partial charge on any atom is -0.489 e. The van der Waals surface area contributed by atoms with Crippen LogP contribution in [0, 0.1) is 5.82 Å². The van der Waals surface area contributed by atoms with Crippen LogP contribution in [0.1, 0.15) is 35.6 Å². The number of esters is 1. The molecule has 32 heavy (non-hydrogen) atoms. The maximum absolute atomic E-state index is 13.5. The Morgan fingerprint density at radius 3 is 2.31 bits per heavy atom. The van der Waals surface area contributed by atoms with Crippen molar-refractivity contribution in [3.63, 3.8) is 0 Å². The second kappa shape index (κ2) is 9.22. The number of hydrogen-bond donors (Lipinski definition) is 1. The molecule has 1 amide bonds. The Morgan fingerprint density at radius 2 is 1.69 bits per heavy atom. The highest BCUT2D eigenvalue weighted by Gasteiger charge is 2.56. The summed E-state index contributed by atoms with van der Waals surface area (Å²) in [7, 11) is 1.32. The fraction of sp³-hybridized carbons (Fsp3) is 0.231. The van der Waals surface area contributed by atoms with Crippen molar-refractivity contribution in [2.75, 3.05) is 7.11 Å². The minimum absolute atomic E-state index is 0.0794. The average molecular weight is 433 g/mol. The number of rotatable bonds is 8. The number of benzene rings is 3. The first-order valence-corrected chi connectivity index (χ1v) is 10.4. The summed E-state index contributed by atoms with van der Waals surface area (Å²) >= 11 is 0. The van der Waals surface area contributed by atoms with Crippen LogP contribution >= 0.6 is 0 Å². The minimum atomic E-state index is -0.978. The molecule has 3 aromatic carbocycles. The molecule has 1 heterocycles. The van der Waals surface area contributed by atoms with Crippen molar-refractivity contribution >= 4 is 11.9 Å². The van der Waals surface area contributed by atoms with E-state index in [9.17, 15) is 14.0 Å². The molecule has 1 fully saturated rings. The molecule has 0 saturated carbocycles. The van der Waals surface area contributed by atoms with E-state index in [0.29, 0.717) is 17.9 Å². The molecular weight excluding hydrogens is 409 g/mol. The zero-order valence-electron chi connectivity index (χ0n) is 17.7. The predicted molar refractivity (Wildman–Crippen MR) is 117 cm³/mol. The third-order valence-corrected chi connectivity index (χ3v) is 5.95. The van der Waals surface area contributed by atoms with Crippen molar-refractivity contribution in [1.29, 1.82) is 0 Å². The summed E-state index contributed by atoms with van der Waals surface area (Å²) in [6.07, 6.45) is 0.337. The molecule has 1 aliphatic rings. The lowest BCUT2D eigenvalue weighted by molar-refractivity contribution is -0.144. The third kappa shape index (κ3) is 4.21. The van der Waals surface area contributed by atoms with Gasteiger partial charge in [0, 0.05) is 6.42 Å². The molecule has 0 aliphatic carbocycles. The second-order valence-electron chi connectivity index (χ2n) is 7.80. The predicted octanol–water partition coefficient (Wildman–Crippen LogP) is 4.47. The van der Waals surface area contributed by atoms with Crippen molar-refractivity contribution in [1.82, 2.24) is 5.32 Å². The fourth-order valence-electron chi connectivity index (χ4n) is 4.15. The lowest BCUT2D eigenvalue weighted by Crippen LogP contribution is -2.64. The standard InChI is InChI=1S/C26H24FNO4/c1-31-23(29)15-16-26(20-9-11-21(27)12-10-20)24(28-25(26)30)19-7-13-22(14-8-19)32-17-18-5-3-2-4-6-18/h2-14,24H,15-17H2,1H3,(H,28,30)/t24-,26+/m0/s1. The highest BCUT2D eigenvalue weighted by atomic mass is 19.1. The number of carbonyl (C=O) groups is 2. The van der Waals surface area contributed by atoms with E-state index in [4.69, 9.17) is 9.47 Å². The summed E-state index contributed by atoms with van der Waals surface area (Å²) in [5.41, 5.74) is 1.64. The van der Waals surface area contributed by atoms with Gasteiger partial charge in [-0.1, -0.05) is 54.6 Å². The van der Waals surface area contributed by atoms with Gasteiger partial charge in [-0.15, -0.1) is 0 Å². The molecule has 0 spiro atoms. The van der Waals surface area contributed by atoms with E-state index in [-0.39, 0.29) is 30.6 Å². The van der Waals surface area contributed by atoms with Crippen LogP contribution in [0.2, 0.25) is 0 Å². The lowest BCUT2D eigenvalue weighted by Gasteiger charge is -2.49. The number of amides is 1. The fourth-order valence-corrected chi connectivity index (χ4v) is 4.15. The first kappa shape index (κ1) is 21.6. The summed E-state index contributed by atoms with van der Waals surface area (Å²) in [6, 6.07) is 22.9. The van der Waals surface area contributed by atoms with E-state index in [1.54, 1.807) is 12.1 Å². The van der Waals surface area contributed by atoms with Gasteiger partial charge in [0.05, 0.1) is 18.6 Å². The number of carbonyl (C=O) groups excluding carboxylic acids is 2. The number of nitrogens with one attached hydrogen (secondary N) is 1. The molecule has 2 atom stereocenters. The number of methoxy groups -OCH3 is 1. The van der Waals surface area contributed by atoms with Gasteiger partial charge >= 0.3 is 5.97 Å². The largest absolute Gasteiger partial charge is 0.489 e. The summed E-state index contributed by atoms with van der Waals surface area (Å²) in [5, 5.41) is 2.96. The Labute approximate surface area is 186 Å². The van der Waals surface area contributed by atoms with Crippen molar-refractivity contribution < 1.29 is 23.5 Å². The van der Waals surface area contributed by atoms with E-state index in [1.807, 2.05) is 54.6 Å². The Kier molecular flexibility index (Phi) is 6.21. The number of β-lactam (4-membered cyclic amide) rings is 1. The van der Waals surface area contributed by atoms with E-state index >= 15 is 0 Å². The van der Waals surface area contributed by atoms with Gasteiger partial charge in [-0.3, -0.25) is 9.59 Å². The molecule has 4 rings (SSSR count). The van der Waals surface area contributed by atoms with Crippen LogP contribution in [0.4, 0.5) is 4.39 Å². The van der Waals surface area contributed by atoms with Crippen LogP contribution in [0.5, 0.6) is 5.75 Å². The SMILES string of the molecule is COC(=O)CC[C@]1(c2ccc(F)cc2)C(=O)N[C@H]1c1ccc(OCc2ccccc2)cc1. The van der Waals surface area contributed by atoms with Gasteiger partial charge < -0.3 is 14.8 Å². The van der Waals surface area contributed by atoms with E-state index in [1.165, 1.54) is 19.2 Å². The van der Waals surface area contributed by atoms with Gasteiger partial charge in [0.1, 0.15) is 18.2 Å². The van der Waals surface area contributed by atoms with Crippen molar-refractivity contribution in [3.8, 4) is 5.75 Å². The van der Waals surface area contributed by atoms with Gasteiger partial charge in [-0.25, -0.2) is 4.39 Å². The Bertz CT molecular complexity index is 1080. The monoisotopic (exact) mass is 433 g/mol. The second-order valence-corrected chi connectivity index (χ2v) is 7.80. The highest BCUT2D eigenvalue weighted by Crippen LogP contribution is 2.48. The van der Waals surface area contributed by atoms with E-state index < -0.39 is 11.4 Å². The summed E-state index contributed by atoms with van der Waals surface area (Å²) in [5.74, 6) is -0.254. The number of hydrogen-bond acceptors (Lipinski definition) is 4. The number of ether oxygens (including phenoxy) is 2. The molecule has 0 radical (unpaired) electrons. The third-order valence-electron chi connectivity index (χ3n) is 5.95. The quantitative estimate of drug-likeness (QED) is 0.421. The zero-order valence-corrected chi connectivity index (χ0v) is 17.7. The molecule has 0 aromatic heterocycles. The van der Waals surface area contributed by atoms with Crippen molar-refractivity contribution in [3.05, 3.63) is 101 Å². The topological polar surface area (TPSA) is 64.6 Å². The van der Waals surface area contributed by atoms with E-state index in [0.717, 1.165) is 11.1 Å². The smallest absolute Gasteiger partial charge is 0.305 e. The van der Waals surface area contributed by atoms with Crippen LogP contribution in [0.15, 0.2) is 78.9 Å². The van der Waals surface area contributed by atoms with Crippen LogP contribution < -0.4 is 10.1 Å². The summed E-state index contributed by atoms with van der Waals surface area (Å²) in [6.45, 7) is 0.457. The first-order chi connectivity index (χ1) is 15.5. The molecule has 164 valence electrons. The molecular formula is C26H24FNO4. The van der Waals surface area contributed by atoms with Crippen molar-refractivity contribution in [2.24, 2.45) is 0 Å².